The van der Waals surface area contributed by atoms with E-state index in [0.29, 0.717) is 13.0 Å². The molecule has 2 rings (SSSR count). The van der Waals surface area contributed by atoms with E-state index in [-0.39, 0.29) is 12.6 Å². The molecule has 0 bridgehead atoms. The lowest BCUT2D eigenvalue weighted by Gasteiger charge is -2.34. The Kier molecular flexibility index (Phi) is 9.75. The maximum Gasteiger partial charge on any atom is 0.305 e. The van der Waals surface area contributed by atoms with Crippen molar-refractivity contribution in [1.82, 2.24) is 9.80 Å². The molecule has 2 fully saturated rings. The van der Waals surface area contributed by atoms with Gasteiger partial charge in [0.15, 0.2) is 0 Å². The smallest absolute Gasteiger partial charge is 0.305 e. The van der Waals surface area contributed by atoms with Gasteiger partial charge in [0.1, 0.15) is 6.61 Å². The van der Waals surface area contributed by atoms with E-state index in [1.165, 1.54) is 18.6 Å². The Labute approximate surface area is 147 Å². The first kappa shape index (κ1) is 19.4. The minimum Gasteiger partial charge on any atom is -0.464 e. The van der Waals surface area contributed by atoms with E-state index in [1.807, 2.05) is 21.6 Å². The summed E-state index contributed by atoms with van der Waals surface area (Å²) in [6, 6.07) is 0. The number of hydrogen-bond donors (Lipinski definition) is 1. The van der Waals surface area contributed by atoms with Crippen molar-refractivity contribution in [3.8, 4) is 0 Å². The lowest BCUT2D eigenvalue weighted by Crippen LogP contribution is -2.48. The van der Waals surface area contributed by atoms with E-state index in [4.69, 9.17) is 9.84 Å². The van der Waals surface area contributed by atoms with Gasteiger partial charge in [-0.3, -0.25) is 14.6 Å². The van der Waals surface area contributed by atoms with Gasteiger partial charge < -0.3 is 9.84 Å². The van der Waals surface area contributed by atoms with E-state index in [0.717, 1.165) is 57.4 Å². The van der Waals surface area contributed by atoms with Gasteiger partial charge in [-0.25, -0.2) is 0 Å². The number of carbonyl (C=O) groups excluding carboxylic acids is 1. The van der Waals surface area contributed by atoms with Gasteiger partial charge >= 0.3 is 5.97 Å². The molecule has 1 unspecified atom stereocenters. The van der Waals surface area contributed by atoms with Crippen LogP contribution >= 0.6 is 21.6 Å². The first-order valence-electron chi connectivity index (χ1n) is 8.77. The Hall–Kier alpha value is 0.0500. The third kappa shape index (κ3) is 8.12. The summed E-state index contributed by atoms with van der Waals surface area (Å²) in [6.07, 6.45) is 5.23. The Morgan fingerprint density at radius 3 is 2.52 bits per heavy atom. The fraction of sp³-hybridized carbons (Fsp3) is 0.938. The first-order valence-corrected chi connectivity index (χ1v) is 11.2. The predicted molar refractivity (Wildman–Crippen MR) is 97.8 cm³/mol. The van der Waals surface area contributed by atoms with E-state index < -0.39 is 0 Å². The van der Waals surface area contributed by atoms with Crippen molar-refractivity contribution in [2.24, 2.45) is 0 Å². The molecule has 2 aliphatic heterocycles. The molecular formula is C16H30N2O3S2. The SMILES string of the molecule is O=C(CCCCC1CCSS1)OCCN1CCN(CCO)CC1. The third-order valence-electron chi connectivity index (χ3n) is 4.44. The summed E-state index contributed by atoms with van der Waals surface area (Å²) in [4.78, 5) is 16.3. The standard InChI is InChI=1S/C16H30N2O3S2/c19-12-10-17-6-8-18(9-7-17)11-13-21-16(20)4-2-1-3-15-5-14-22-23-15/h15,19H,1-14H2. The number of unbranched alkanes of at least 4 members (excludes halogenated alkanes) is 1. The van der Waals surface area contributed by atoms with Crippen LogP contribution in [0.15, 0.2) is 0 Å². The Balaban J connectivity index is 1.42. The number of β-amino-alcohol motifs (C(OH)–C–C–N with tert-alkyl or cyclic N) is 1. The van der Waals surface area contributed by atoms with Gasteiger partial charge in [-0.15, -0.1) is 0 Å². The quantitative estimate of drug-likeness (QED) is 0.362. The number of aliphatic hydroxyl groups is 1. The maximum absolute atomic E-state index is 11.7. The molecule has 0 amide bonds. The van der Waals surface area contributed by atoms with Crippen LogP contribution in [-0.2, 0) is 9.53 Å². The third-order valence-corrected chi connectivity index (χ3v) is 7.44. The Morgan fingerprint density at radius 2 is 1.87 bits per heavy atom. The van der Waals surface area contributed by atoms with Crippen molar-refractivity contribution in [1.29, 1.82) is 0 Å². The van der Waals surface area contributed by atoms with Crippen LogP contribution in [0.1, 0.15) is 32.1 Å². The number of piperazine rings is 1. The average Bonchev–Trinajstić information content (AvgIpc) is 3.07. The highest BCUT2D eigenvalue weighted by Gasteiger charge is 2.17. The van der Waals surface area contributed by atoms with Gasteiger partial charge in [0.2, 0.25) is 0 Å². The normalized spacial score (nSPS) is 23.3. The highest BCUT2D eigenvalue weighted by Crippen LogP contribution is 2.39. The van der Waals surface area contributed by atoms with Crippen molar-refractivity contribution < 1.29 is 14.6 Å². The summed E-state index contributed by atoms with van der Waals surface area (Å²) in [7, 11) is 3.99. The molecule has 1 atom stereocenters. The van der Waals surface area contributed by atoms with Crippen molar-refractivity contribution in [3.63, 3.8) is 0 Å². The summed E-state index contributed by atoms with van der Waals surface area (Å²) < 4.78 is 5.35. The second-order valence-corrected chi connectivity index (χ2v) is 8.99. The molecule has 23 heavy (non-hydrogen) atoms. The lowest BCUT2D eigenvalue weighted by atomic mass is 10.1. The van der Waals surface area contributed by atoms with E-state index in [9.17, 15) is 4.79 Å². The van der Waals surface area contributed by atoms with Crippen LogP contribution in [0.3, 0.4) is 0 Å². The monoisotopic (exact) mass is 362 g/mol. The molecule has 2 aliphatic rings. The van der Waals surface area contributed by atoms with Crippen molar-refractivity contribution in [2.45, 2.75) is 37.4 Å². The summed E-state index contributed by atoms with van der Waals surface area (Å²) in [5.41, 5.74) is 0. The molecule has 5 nitrogen and oxygen atoms in total. The molecule has 2 saturated heterocycles. The fourth-order valence-electron chi connectivity index (χ4n) is 2.94. The Bertz CT molecular complexity index is 333. The zero-order valence-corrected chi connectivity index (χ0v) is 15.6. The van der Waals surface area contributed by atoms with Crippen molar-refractivity contribution >= 4 is 27.6 Å². The number of rotatable bonds is 10. The molecule has 0 saturated carbocycles. The number of ether oxygens (including phenoxy) is 1. The number of aliphatic hydroxyl groups excluding tert-OH is 1. The summed E-state index contributed by atoms with van der Waals surface area (Å²) in [5, 5.41) is 9.73. The number of nitrogens with zero attached hydrogens (tertiary/aromatic N) is 2. The largest absolute Gasteiger partial charge is 0.464 e. The average molecular weight is 363 g/mol. The van der Waals surface area contributed by atoms with Gasteiger partial charge in [0, 0.05) is 56.7 Å². The van der Waals surface area contributed by atoms with Crippen LogP contribution < -0.4 is 0 Å². The van der Waals surface area contributed by atoms with Crippen LogP contribution in [0.2, 0.25) is 0 Å². The highest BCUT2D eigenvalue weighted by atomic mass is 33.1. The summed E-state index contributed by atoms with van der Waals surface area (Å²) in [5.74, 6) is 1.24. The summed E-state index contributed by atoms with van der Waals surface area (Å²) >= 11 is 0. The minimum atomic E-state index is -0.0441. The number of hydrogen-bond acceptors (Lipinski definition) is 7. The van der Waals surface area contributed by atoms with Crippen LogP contribution in [0.25, 0.3) is 0 Å². The van der Waals surface area contributed by atoms with Gasteiger partial charge in [-0.05, 0) is 19.3 Å². The van der Waals surface area contributed by atoms with Crippen molar-refractivity contribution in [2.75, 3.05) is 58.2 Å². The molecule has 0 aromatic rings. The van der Waals surface area contributed by atoms with E-state index in [2.05, 4.69) is 9.80 Å². The molecule has 134 valence electrons. The van der Waals surface area contributed by atoms with Crippen molar-refractivity contribution in [3.05, 3.63) is 0 Å². The van der Waals surface area contributed by atoms with E-state index >= 15 is 0 Å². The van der Waals surface area contributed by atoms with Crippen LogP contribution in [-0.4, -0.2) is 84.4 Å². The molecule has 0 spiro atoms. The van der Waals surface area contributed by atoms with Gasteiger partial charge in [0.25, 0.3) is 0 Å². The summed E-state index contributed by atoms with van der Waals surface area (Å²) in [6.45, 7) is 6.31. The van der Waals surface area contributed by atoms with E-state index in [1.54, 1.807) is 0 Å². The topological polar surface area (TPSA) is 53.0 Å². The van der Waals surface area contributed by atoms with Gasteiger partial charge in [0.05, 0.1) is 6.61 Å². The second-order valence-electron chi connectivity index (χ2n) is 6.20. The fourth-order valence-corrected chi connectivity index (χ4v) is 5.97. The second kappa shape index (κ2) is 11.6. The molecule has 0 aromatic carbocycles. The molecular weight excluding hydrogens is 332 g/mol. The van der Waals surface area contributed by atoms with Gasteiger partial charge in [-0.2, -0.15) is 0 Å². The minimum absolute atomic E-state index is 0.0441. The molecule has 0 aromatic heterocycles. The zero-order chi connectivity index (χ0) is 16.3. The van der Waals surface area contributed by atoms with Crippen LogP contribution in [0, 0.1) is 0 Å². The highest BCUT2D eigenvalue weighted by molar-refractivity contribution is 8.77. The molecule has 7 heteroatoms. The van der Waals surface area contributed by atoms with Gasteiger partial charge in [-0.1, -0.05) is 28.0 Å². The molecule has 2 heterocycles. The lowest BCUT2D eigenvalue weighted by molar-refractivity contribution is -0.144. The number of esters is 1. The molecule has 1 N–H and O–H groups in total. The number of carbonyl (C=O) groups is 1. The molecule has 0 aliphatic carbocycles. The maximum atomic E-state index is 11.7. The molecule has 0 radical (unpaired) electrons. The van der Waals surface area contributed by atoms with Crippen LogP contribution in [0.5, 0.6) is 0 Å². The zero-order valence-electron chi connectivity index (χ0n) is 14.0. The van der Waals surface area contributed by atoms with Crippen LogP contribution in [0.4, 0.5) is 0 Å². The predicted octanol–water partition coefficient (Wildman–Crippen LogP) is 1.85. The first-order chi connectivity index (χ1) is 11.3. The Morgan fingerprint density at radius 1 is 1.13 bits per heavy atom.